The predicted octanol–water partition coefficient (Wildman–Crippen LogP) is 1.30. The van der Waals surface area contributed by atoms with Crippen molar-refractivity contribution in [3.05, 3.63) is 17.5 Å². The highest BCUT2D eigenvalue weighted by molar-refractivity contribution is 5.76. The van der Waals surface area contributed by atoms with Gasteiger partial charge < -0.3 is 9.64 Å². The molecule has 2 rings (SSSR count). The third kappa shape index (κ3) is 3.35. The van der Waals surface area contributed by atoms with Crippen molar-refractivity contribution in [3.63, 3.8) is 0 Å². The molecular formula is C14H23N3O2. The van der Waals surface area contributed by atoms with Gasteiger partial charge in [0.05, 0.1) is 18.4 Å². The van der Waals surface area contributed by atoms with E-state index < -0.39 is 0 Å². The Balaban J connectivity index is 1.89. The van der Waals surface area contributed by atoms with Crippen LogP contribution in [0.4, 0.5) is 0 Å². The molecule has 0 spiro atoms. The summed E-state index contributed by atoms with van der Waals surface area (Å²) < 4.78 is 7.49. The van der Waals surface area contributed by atoms with Crippen LogP contribution in [0.5, 0.6) is 0 Å². The number of carbonyl (C=O) groups excluding carboxylic acids is 1. The Bertz CT molecular complexity index is 446. The summed E-state index contributed by atoms with van der Waals surface area (Å²) in [4.78, 5) is 14.1. The summed E-state index contributed by atoms with van der Waals surface area (Å²) in [6, 6.07) is 0. The molecule has 5 nitrogen and oxygen atoms in total. The summed E-state index contributed by atoms with van der Waals surface area (Å²) in [7, 11) is 1.92. The number of hydrogen-bond acceptors (Lipinski definition) is 3. The average molecular weight is 265 g/mol. The Morgan fingerprint density at radius 1 is 1.42 bits per heavy atom. The Morgan fingerprint density at radius 2 is 2.05 bits per heavy atom. The van der Waals surface area contributed by atoms with Crippen LogP contribution in [0.1, 0.15) is 31.5 Å². The van der Waals surface area contributed by atoms with Crippen molar-refractivity contribution in [1.29, 1.82) is 0 Å². The maximum Gasteiger partial charge on any atom is 0.223 e. The molecule has 1 aliphatic rings. The van der Waals surface area contributed by atoms with E-state index in [0.717, 1.165) is 17.7 Å². The molecule has 19 heavy (non-hydrogen) atoms. The van der Waals surface area contributed by atoms with Gasteiger partial charge in [0, 0.05) is 32.3 Å². The topological polar surface area (TPSA) is 47.4 Å². The van der Waals surface area contributed by atoms with Gasteiger partial charge in [-0.25, -0.2) is 0 Å². The van der Waals surface area contributed by atoms with E-state index in [0.29, 0.717) is 19.5 Å². The van der Waals surface area contributed by atoms with Gasteiger partial charge >= 0.3 is 0 Å². The van der Waals surface area contributed by atoms with Crippen LogP contribution in [0.25, 0.3) is 0 Å². The largest absolute Gasteiger partial charge is 0.372 e. The fourth-order valence-electron chi connectivity index (χ4n) is 2.57. The fourth-order valence-corrected chi connectivity index (χ4v) is 2.57. The summed E-state index contributed by atoms with van der Waals surface area (Å²) in [5, 5.41) is 4.20. The first-order valence-corrected chi connectivity index (χ1v) is 6.88. The predicted molar refractivity (Wildman–Crippen MR) is 72.9 cm³/mol. The van der Waals surface area contributed by atoms with Gasteiger partial charge in [-0.15, -0.1) is 0 Å². The van der Waals surface area contributed by atoms with Gasteiger partial charge in [0.25, 0.3) is 0 Å². The number of aryl methyl sites for hydroxylation is 2. The third-order valence-corrected chi connectivity index (χ3v) is 3.72. The van der Waals surface area contributed by atoms with Crippen LogP contribution in [-0.4, -0.2) is 45.9 Å². The van der Waals surface area contributed by atoms with Crippen molar-refractivity contribution in [3.8, 4) is 0 Å². The van der Waals surface area contributed by atoms with Crippen LogP contribution in [0, 0.1) is 6.92 Å². The molecule has 1 aromatic rings. The number of morpholine rings is 1. The summed E-state index contributed by atoms with van der Waals surface area (Å²) in [5.74, 6) is 0.213. The second-order valence-corrected chi connectivity index (χ2v) is 5.43. The zero-order chi connectivity index (χ0) is 14.0. The van der Waals surface area contributed by atoms with E-state index in [2.05, 4.69) is 5.10 Å². The van der Waals surface area contributed by atoms with Crippen molar-refractivity contribution >= 4 is 5.91 Å². The lowest BCUT2D eigenvalue weighted by atomic mass is 10.1. The zero-order valence-corrected chi connectivity index (χ0v) is 12.2. The number of ether oxygens (including phenoxy) is 1. The van der Waals surface area contributed by atoms with E-state index in [4.69, 9.17) is 4.74 Å². The maximum absolute atomic E-state index is 12.2. The quantitative estimate of drug-likeness (QED) is 0.827. The highest BCUT2D eigenvalue weighted by atomic mass is 16.5. The molecule has 5 heteroatoms. The first-order chi connectivity index (χ1) is 8.97. The van der Waals surface area contributed by atoms with Gasteiger partial charge in [0.15, 0.2) is 0 Å². The van der Waals surface area contributed by atoms with E-state index in [-0.39, 0.29) is 18.1 Å². The smallest absolute Gasteiger partial charge is 0.223 e. The van der Waals surface area contributed by atoms with Gasteiger partial charge in [-0.1, -0.05) is 0 Å². The molecule has 1 saturated heterocycles. The van der Waals surface area contributed by atoms with E-state index in [9.17, 15) is 4.79 Å². The standard InChI is InChI=1S/C14H23N3O2/c1-10-8-17(9-11(2)19-10)14(18)6-5-13-7-15-16(4)12(13)3/h7,10-11H,5-6,8-9H2,1-4H3/t10-,11+. The number of hydrogen-bond donors (Lipinski definition) is 0. The van der Waals surface area contributed by atoms with E-state index >= 15 is 0 Å². The highest BCUT2D eigenvalue weighted by Gasteiger charge is 2.25. The molecule has 0 unspecified atom stereocenters. The van der Waals surface area contributed by atoms with Crippen molar-refractivity contribution in [2.24, 2.45) is 7.05 Å². The molecule has 0 aromatic carbocycles. The van der Waals surface area contributed by atoms with Crippen LogP contribution in [0.15, 0.2) is 6.20 Å². The van der Waals surface area contributed by atoms with Crippen LogP contribution >= 0.6 is 0 Å². The molecule has 2 heterocycles. The Morgan fingerprint density at radius 3 is 2.58 bits per heavy atom. The minimum Gasteiger partial charge on any atom is -0.372 e. The van der Waals surface area contributed by atoms with Gasteiger partial charge in [-0.2, -0.15) is 5.10 Å². The van der Waals surface area contributed by atoms with Crippen molar-refractivity contribution in [2.45, 2.75) is 45.8 Å². The molecule has 106 valence electrons. The Hall–Kier alpha value is -1.36. The van der Waals surface area contributed by atoms with Gasteiger partial charge in [0.1, 0.15) is 0 Å². The number of carbonyl (C=O) groups is 1. The summed E-state index contributed by atoms with van der Waals surface area (Å²) in [6.45, 7) is 7.47. The van der Waals surface area contributed by atoms with Crippen molar-refractivity contribution in [1.82, 2.24) is 14.7 Å². The summed E-state index contributed by atoms with van der Waals surface area (Å²) >= 11 is 0. The normalized spacial score (nSPS) is 23.7. The lowest BCUT2D eigenvalue weighted by Gasteiger charge is -2.35. The number of rotatable bonds is 3. The molecule has 1 aliphatic heterocycles. The molecule has 1 amide bonds. The number of aromatic nitrogens is 2. The SMILES string of the molecule is Cc1c(CCC(=O)N2C[C@@H](C)O[C@@H](C)C2)cnn1C. The van der Waals surface area contributed by atoms with Crippen LogP contribution in [0.3, 0.4) is 0 Å². The molecule has 0 saturated carbocycles. The molecular weight excluding hydrogens is 242 g/mol. The number of nitrogens with zero attached hydrogens (tertiary/aromatic N) is 3. The van der Waals surface area contributed by atoms with Gasteiger partial charge in [-0.3, -0.25) is 9.48 Å². The lowest BCUT2D eigenvalue weighted by Crippen LogP contribution is -2.48. The molecule has 0 N–H and O–H groups in total. The molecule has 2 atom stereocenters. The second kappa shape index (κ2) is 5.74. The first kappa shape index (κ1) is 14.1. The Labute approximate surface area is 114 Å². The van der Waals surface area contributed by atoms with Crippen LogP contribution < -0.4 is 0 Å². The van der Waals surface area contributed by atoms with E-state index in [1.807, 2.05) is 43.6 Å². The fraction of sp³-hybridized carbons (Fsp3) is 0.714. The minimum atomic E-state index is 0.132. The second-order valence-electron chi connectivity index (χ2n) is 5.43. The third-order valence-electron chi connectivity index (χ3n) is 3.72. The van der Waals surface area contributed by atoms with E-state index in [1.54, 1.807) is 0 Å². The van der Waals surface area contributed by atoms with Crippen molar-refractivity contribution < 1.29 is 9.53 Å². The van der Waals surface area contributed by atoms with Crippen LogP contribution in [0.2, 0.25) is 0 Å². The van der Waals surface area contributed by atoms with Crippen molar-refractivity contribution in [2.75, 3.05) is 13.1 Å². The first-order valence-electron chi connectivity index (χ1n) is 6.88. The zero-order valence-electron chi connectivity index (χ0n) is 12.2. The molecule has 0 radical (unpaired) electrons. The maximum atomic E-state index is 12.2. The summed E-state index contributed by atoms with van der Waals surface area (Å²) in [6.07, 6.45) is 3.43. The van der Waals surface area contributed by atoms with E-state index in [1.165, 1.54) is 0 Å². The molecule has 0 aliphatic carbocycles. The minimum absolute atomic E-state index is 0.132. The molecule has 1 fully saturated rings. The van der Waals surface area contributed by atoms with Gasteiger partial charge in [0.2, 0.25) is 5.91 Å². The summed E-state index contributed by atoms with van der Waals surface area (Å²) in [5.41, 5.74) is 2.29. The molecule has 0 bridgehead atoms. The lowest BCUT2D eigenvalue weighted by molar-refractivity contribution is -0.143. The average Bonchev–Trinajstić information content (AvgIpc) is 2.66. The Kier molecular flexibility index (Phi) is 4.24. The number of amides is 1. The molecule has 1 aromatic heterocycles. The van der Waals surface area contributed by atoms with Crippen LogP contribution in [-0.2, 0) is 23.0 Å². The highest BCUT2D eigenvalue weighted by Crippen LogP contribution is 2.14. The monoisotopic (exact) mass is 265 g/mol. The van der Waals surface area contributed by atoms with Gasteiger partial charge in [-0.05, 0) is 32.8 Å².